The molecule has 0 spiro atoms. The van der Waals surface area contributed by atoms with Crippen LogP contribution in [-0.2, 0) is 31.9 Å². The molecule has 0 fully saturated rings. The summed E-state index contributed by atoms with van der Waals surface area (Å²) in [5, 5.41) is 19.6. The van der Waals surface area contributed by atoms with E-state index in [0.717, 1.165) is 9.87 Å². The molecule has 3 aromatic carbocycles. The number of carbonyl (C=O) groups is 3. The second kappa shape index (κ2) is 16.9. The van der Waals surface area contributed by atoms with E-state index in [1.807, 2.05) is 50.2 Å². The van der Waals surface area contributed by atoms with Gasteiger partial charge in [0.05, 0.1) is 23.6 Å². The van der Waals surface area contributed by atoms with Crippen LogP contribution in [0.3, 0.4) is 0 Å². The van der Waals surface area contributed by atoms with Gasteiger partial charge in [-0.15, -0.1) is 0 Å². The van der Waals surface area contributed by atoms with Gasteiger partial charge in [0, 0.05) is 25.1 Å². The van der Waals surface area contributed by atoms with Gasteiger partial charge < -0.3 is 21.1 Å². The van der Waals surface area contributed by atoms with Gasteiger partial charge in [0.1, 0.15) is 6.04 Å². The fourth-order valence-electron chi connectivity index (χ4n) is 4.95. The Morgan fingerprint density at radius 2 is 1.39 bits per heavy atom. The number of hydrogen-bond donors (Lipinski definition) is 4. The monoisotopic (exact) mass is 650 g/mol. The Labute approximate surface area is 272 Å². The summed E-state index contributed by atoms with van der Waals surface area (Å²) in [6.07, 6.45) is -0.543. The maximum atomic E-state index is 13.3. The molecule has 0 radical (unpaired) electrons. The lowest BCUT2D eigenvalue weighted by Gasteiger charge is -2.28. The van der Waals surface area contributed by atoms with E-state index in [0.29, 0.717) is 24.2 Å². The summed E-state index contributed by atoms with van der Waals surface area (Å²) in [5.74, 6) is -1.89. The molecule has 0 aromatic heterocycles. The highest BCUT2D eigenvalue weighted by Crippen LogP contribution is 2.22. The van der Waals surface area contributed by atoms with Crippen molar-refractivity contribution >= 4 is 33.4 Å². The third kappa shape index (κ3) is 11.0. The standard InChI is InChI=1S/C35H46N4O6S/c1-24(2)19-31(32(40)20-25(3)33(41)37-26(4)34(42)36-22-27-13-8-6-9-14-27)38-35(43)29-17-12-18-30(21-29)39(5)46(44,45)23-28-15-10-7-11-16-28/h6-18,21,24-26,31-32,40H,19-20,22-23H2,1-5H3,(H,36,42)(H,37,41)(H,38,43)/t25?,26-,31?,32?/m0/s1. The Morgan fingerprint density at radius 3 is 2.00 bits per heavy atom. The lowest BCUT2D eigenvalue weighted by molar-refractivity contribution is -0.131. The Balaban J connectivity index is 1.61. The van der Waals surface area contributed by atoms with Crippen LogP contribution in [0.1, 0.15) is 62.0 Å². The van der Waals surface area contributed by atoms with Crippen molar-refractivity contribution in [3.63, 3.8) is 0 Å². The number of carbonyl (C=O) groups excluding carboxylic acids is 3. The van der Waals surface area contributed by atoms with Gasteiger partial charge in [0.15, 0.2) is 0 Å². The van der Waals surface area contributed by atoms with Gasteiger partial charge in [-0.25, -0.2) is 8.42 Å². The average molecular weight is 651 g/mol. The summed E-state index contributed by atoms with van der Waals surface area (Å²) in [6, 6.07) is 23.1. The van der Waals surface area contributed by atoms with E-state index in [4.69, 9.17) is 0 Å². The molecule has 0 heterocycles. The lowest BCUT2D eigenvalue weighted by Crippen LogP contribution is -2.48. The molecule has 10 nitrogen and oxygen atoms in total. The first-order valence-corrected chi connectivity index (χ1v) is 17.1. The first-order chi connectivity index (χ1) is 21.8. The van der Waals surface area contributed by atoms with Gasteiger partial charge >= 0.3 is 0 Å². The van der Waals surface area contributed by atoms with Crippen molar-refractivity contribution < 1.29 is 27.9 Å². The van der Waals surface area contributed by atoms with Crippen LogP contribution in [0.5, 0.6) is 0 Å². The molecule has 46 heavy (non-hydrogen) atoms. The van der Waals surface area contributed by atoms with Crippen LogP contribution in [0.15, 0.2) is 84.9 Å². The second-order valence-corrected chi connectivity index (χ2v) is 14.1. The molecule has 3 rings (SSSR count). The van der Waals surface area contributed by atoms with Gasteiger partial charge in [-0.05, 0) is 55.0 Å². The smallest absolute Gasteiger partial charge is 0.251 e. The third-order valence-electron chi connectivity index (χ3n) is 7.69. The van der Waals surface area contributed by atoms with Crippen molar-refractivity contribution in [2.45, 2.75) is 71.0 Å². The molecule has 0 aliphatic rings. The summed E-state index contributed by atoms with van der Waals surface area (Å²) in [7, 11) is -2.27. The van der Waals surface area contributed by atoms with Crippen molar-refractivity contribution in [1.29, 1.82) is 0 Å². The molecule has 0 saturated heterocycles. The van der Waals surface area contributed by atoms with E-state index in [-0.39, 0.29) is 35.5 Å². The maximum Gasteiger partial charge on any atom is 0.251 e. The lowest BCUT2D eigenvalue weighted by atomic mass is 9.92. The normalized spacial score (nSPS) is 14.1. The van der Waals surface area contributed by atoms with Crippen molar-refractivity contribution in [3.05, 3.63) is 102 Å². The number of amides is 3. The predicted octanol–water partition coefficient (Wildman–Crippen LogP) is 4.01. The van der Waals surface area contributed by atoms with Crippen LogP contribution in [0.4, 0.5) is 5.69 Å². The van der Waals surface area contributed by atoms with Crippen LogP contribution in [0.25, 0.3) is 0 Å². The van der Waals surface area contributed by atoms with E-state index in [1.165, 1.54) is 13.1 Å². The van der Waals surface area contributed by atoms with Gasteiger partial charge in [-0.2, -0.15) is 0 Å². The van der Waals surface area contributed by atoms with E-state index in [9.17, 15) is 27.9 Å². The summed E-state index contributed by atoms with van der Waals surface area (Å²) >= 11 is 0. The molecule has 4 N–H and O–H groups in total. The van der Waals surface area contributed by atoms with E-state index >= 15 is 0 Å². The topological polar surface area (TPSA) is 145 Å². The average Bonchev–Trinajstić information content (AvgIpc) is 3.03. The summed E-state index contributed by atoms with van der Waals surface area (Å²) in [6.45, 7) is 7.53. The minimum absolute atomic E-state index is 0.0579. The molecule has 0 bridgehead atoms. The Kier molecular flexibility index (Phi) is 13.3. The van der Waals surface area contributed by atoms with Gasteiger partial charge in [0.25, 0.3) is 5.91 Å². The van der Waals surface area contributed by atoms with Crippen molar-refractivity contribution in [3.8, 4) is 0 Å². The number of hydrogen-bond acceptors (Lipinski definition) is 6. The molecule has 3 aromatic rings. The fourth-order valence-corrected chi connectivity index (χ4v) is 6.19. The van der Waals surface area contributed by atoms with Crippen LogP contribution in [0, 0.1) is 11.8 Å². The number of aliphatic hydroxyl groups is 1. The molecule has 0 aliphatic heterocycles. The highest BCUT2D eigenvalue weighted by molar-refractivity contribution is 7.92. The van der Waals surface area contributed by atoms with Crippen molar-refractivity contribution in [1.82, 2.24) is 16.0 Å². The van der Waals surface area contributed by atoms with Crippen LogP contribution in [0.2, 0.25) is 0 Å². The molecular weight excluding hydrogens is 604 g/mol. The zero-order valence-corrected chi connectivity index (χ0v) is 28.0. The van der Waals surface area contributed by atoms with Crippen molar-refractivity contribution in [2.24, 2.45) is 11.8 Å². The number of sulfonamides is 1. The van der Waals surface area contributed by atoms with E-state index in [2.05, 4.69) is 16.0 Å². The molecule has 0 aliphatic carbocycles. The van der Waals surface area contributed by atoms with Crippen molar-refractivity contribution in [2.75, 3.05) is 11.4 Å². The van der Waals surface area contributed by atoms with Gasteiger partial charge in [0.2, 0.25) is 21.8 Å². The quantitative estimate of drug-likeness (QED) is 0.185. The largest absolute Gasteiger partial charge is 0.391 e. The fraction of sp³-hybridized carbons (Fsp3) is 0.400. The number of nitrogens with one attached hydrogen (secondary N) is 3. The third-order valence-corrected chi connectivity index (χ3v) is 9.44. The maximum absolute atomic E-state index is 13.3. The number of anilines is 1. The second-order valence-electron chi connectivity index (χ2n) is 12.1. The molecule has 11 heteroatoms. The zero-order chi connectivity index (χ0) is 33.9. The predicted molar refractivity (Wildman–Crippen MR) is 180 cm³/mol. The van der Waals surface area contributed by atoms with E-state index in [1.54, 1.807) is 56.3 Å². The number of nitrogens with zero attached hydrogens (tertiary/aromatic N) is 1. The van der Waals surface area contributed by atoms with Gasteiger partial charge in [-0.3, -0.25) is 18.7 Å². The summed E-state index contributed by atoms with van der Waals surface area (Å²) < 4.78 is 27.3. The van der Waals surface area contributed by atoms with Crippen LogP contribution >= 0.6 is 0 Å². The minimum atomic E-state index is -3.71. The summed E-state index contributed by atoms with van der Waals surface area (Å²) in [5.41, 5.74) is 2.16. The zero-order valence-electron chi connectivity index (χ0n) is 27.1. The molecule has 3 unspecified atom stereocenters. The molecule has 248 valence electrons. The molecule has 4 atom stereocenters. The molecule has 0 saturated carbocycles. The minimum Gasteiger partial charge on any atom is -0.391 e. The Morgan fingerprint density at radius 1 is 0.783 bits per heavy atom. The highest BCUT2D eigenvalue weighted by Gasteiger charge is 2.28. The first kappa shape index (κ1) is 36.3. The van der Waals surface area contributed by atoms with E-state index < -0.39 is 40.0 Å². The SMILES string of the molecule is CC(C)CC(NC(=O)c1cccc(N(C)S(=O)(=O)Cc2ccccc2)c1)C(O)CC(C)C(=O)N[C@@H](C)C(=O)NCc1ccccc1. The highest BCUT2D eigenvalue weighted by atomic mass is 32.2. The first-order valence-electron chi connectivity index (χ1n) is 15.5. The van der Waals surface area contributed by atoms with Crippen LogP contribution < -0.4 is 20.3 Å². The number of rotatable bonds is 16. The number of benzene rings is 3. The Hall–Kier alpha value is -4.22. The Bertz CT molecular complexity index is 1550. The van der Waals surface area contributed by atoms with Gasteiger partial charge in [-0.1, -0.05) is 87.5 Å². The summed E-state index contributed by atoms with van der Waals surface area (Å²) in [4.78, 5) is 38.8. The molecule has 3 amide bonds. The molecular formula is C35H46N4O6S. The van der Waals surface area contributed by atoms with Crippen LogP contribution in [-0.4, -0.2) is 56.5 Å². The number of aliphatic hydroxyl groups excluding tert-OH is 1.